The fourth-order valence-corrected chi connectivity index (χ4v) is 1.92. The number of carbonyl (C=O) groups excluding carboxylic acids is 2. The summed E-state index contributed by atoms with van der Waals surface area (Å²) in [7, 11) is 0. The van der Waals surface area contributed by atoms with E-state index >= 15 is 0 Å². The first kappa shape index (κ1) is 13.6. The highest BCUT2D eigenvalue weighted by molar-refractivity contribution is 6.52. The van der Waals surface area contributed by atoms with E-state index in [0.717, 1.165) is 17.0 Å². The number of Topliss-reactive ketones (excluding diaryl/α,β-unsaturated/α-hetero) is 1. The molecule has 3 nitrogen and oxygen atoms in total. The van der Waals surface area contributed by atoms with Gasteiger partial charge in [0.25, 0.3) is 11.7 Å². The Morgan fingerprint density at radius 1 is 1.32 bits per heavy atom. The molecule has 1 aromatic rings. The van der Waals surface area contributed by atoms with Gasteiger partial charge in [-0.05, 0) is 18.2 Å². The molecule has 0 saturated heterocycles. The van der Waals surface area contributed by atoms with E-state index in [-0.39, 0.29) is 22.8 Å². The molecule has 0 N–H and O–H groups in total. The lowest BCUT2D eigenvalue weighted by molar-refractivity contribution is -0.137. The van der Waals surface area contributed by atoms with Crippen molar-refractivity contribution in [2.45, 2.75) is 6.18 Å². The zero-order chi connectivity index (χ0) is 14.4. The van der Waals surface area contributed by atoms with Crippen LogP contribution >= 0.6 is 11.6 Å². The fraction of sp³-hybridized carbons (Fsp3) is 0.167. The van der Waals surface area contributed by atoms with Crippen LogP contribution in [0.15, 0.2) is 29.8 Å². The topological polar surface area (TPSA) is 37.4 Å². The number of nitrogens with zero attached hydrogens (tertiary/aromatic N) is 1. The standard InChI is InChI=1S/C12H7ClF3NO2/c1-6(13)5-17-9-3-2-7(12(14,15)16)4-8(9)10(18)11(17)19/h2-4H,1,5H2. The summed E-state index contributed by atoms with van der Waals surface area (Å²) >= 11 is 5.56. The normalized spacial score (nSPS) is 14.8. The number of rotatable bonds is 2. The Morgan fingerprint density at radius 3 is 2.47 bits per heavy atom. The average molecular weight is 290 g/mol. The van der Waals surface area contributed by atoms with Gasteiger partial charge in [0.2, 0.25) is 0 Å². The Balaban J connectivity index is 2.50. The van der Waals surface area contributed by atoms with Crippen LogP contribution in [0.25, 0.3) is 0 Å². The molecule has 0 radical (unpaired) electrons. The Hall–Kier alpha value is -1.82. The Labute approximate surface area is 111 Å². The molecule has 0 aliphatic carbocycles. The van der Waals surface area contributed by atoms with Crippen LogP contribution in [0.5, 0.6) is 0 Å². The van der Waals surface area contributed by atoms with E-state index in [2.05, 4.69) is 6.58 Å². The smallest absolute Gasteiger partial charge is 0.299 e. The maximum absolute atomic E-state index is 12.5. The highest BCUT2D eigenvalue weighted by Crippen LogP contribution is 2.36. The van der Waals surface area contributed by atoms with Crippen LogP contribution in [-0.4, -0.2) is 18.2 Å². The van der Waals surface area contributed by atoms with Crippen molar-refractivity contribution in [1.29, 1.82) is 0 Å². The van der Waals surface area contributed by atoms with Crippen LogP contribution < -0.4 is 4.90 Å². The van der Waals surface area contributed by atoms with E-state index in [1.165, 1.54) is 0 Å². The van der Waals surface area contributed by atoms with E-state index in [4.69, 9.17) is 11.6 Å². The summed E-state index contributed by atoms with van der Waals surface area (Å²) < 4.78 is 37.6. The van der Waals surface area contributed by atoms with Crippen molar-refractivity contribution in [3.8, 4) is 0 Å². The molecule has 1 aliphatic rings. The number of benzene rings is 1. The fourth-order valence-electron chi connectivity index (χ4n) is 1.81. The Kier molecular flexibility index (Phi) is 3.14. The second kappa shape index (κ2) is 4.38. The summed E-state index contributed by atoms with van der Waals surface area (Å²) in [6.07, 6.45) is -4.57. The number of halogens is 4. The molecule has 1 amide bonds. The number of alkyl halides is 3. The van der Waals surface area contributed by atoms with Gasteiger partial charge >= 0.3 is 6.18 Å². The first-order chi connectivity index (χ1) is 8.71. The zero-order valence-corrected chi connectivity index (χ0v) is 10.2. The summed E-state index contributed by atoms with van der Waals surface area (Å²) in [5.41, 5.74) is -1.12. The van der Waals surface area contributed by atoms with E-state index in [0.29, 0.717) is 6.07 Å². The minimum Gasteiger partial charge on any atom is -0.299 e. The van der Waals surface area contributed by atoms with Gasteiger partial charge < -0.3 is 0 Å². The molecule has 0 bridgehead atoms. The number of fused-ring (bicyclic) bond motifs is 1. The minimum absolute atomic E-state index is 0.105. The highest BCUT2D eigenvalue weighted by Gasteiger charge is 2.39. The molecule has 0 atom stereocenters. The Morgan fingerprint density at radius 2 is 1.95 bits per heavy atom. The zero-order valence-electron chi connectivity index (χ0n) is 9.42. The third kappa shape index (κ3) is 2.35. The molecule has 0 fully saturated rings. The summed E-state index contributed by atoms with van der Waals surface area (Å²) in [6, 6.07) is 2.57. The van der Waals surface area contributed by atoms with Gasteiger partial charge in [0, 0.05) is 5.03 Å². The van der Waals surface area contributed by atoms with Gasteiger partial charge in [-0.25, -0.2) is 0 Å². The van der Waals surface area contributed by atoms with E-state index < -0.39 is 23.4 Å². The van der Waals surface area contributed by atoms with Gasteiger partial charge in [0.15, 0.2) is 0 Å². The number of ketones is 1. The van der Waals surface area contributed by atoms with Crippen molar-refractivity contribution in [3.05, 3.63) is 40.9 Å². The van der Waals surface area contributed by atoms with Crippen LogP contribution in [-0.2, 0) is 11.0 Å². The minimum atomic E-state index is -4.57. The quantitative estimate of drug-likeness (QED) is 0.785. The monoisotopic (exact) mass is 289 g/mol. The number of amides is 1. The summed E-state index contributed by atoms with van der Waals surface area (Å²) in [4.78, 5) is 24.3. The van der Waals surface area contributed by atoms with Crippen molar-refractivity contribution in [1.82, 2.24) is 0 Å². The first-order valence-electron chi connectivity index (χ1n) is 5.12. The van der Waals surface area contributed by atoms with Crippen molar-refractivity contribution in [2.75, 3.05) is 11.4 Å². The molecule has 1 aromatic carbocycles. The number of hydrogen-bond acceptors (Lipinski definition) is 2. The van der Waals surface area contributed by atoms with Crippen molar-refractivity contribution in [3.63, 3.8) is 0 Å². The van der Waals surface area contributed by atoms with E-state index in [1.54, 1.807) is 0 Å². The SMILES string of the molecule is C=C(Cl)CN1C(=O)C(=O)c2cc(C(F)(F)F)ccc21. The van der Waals surface area contributed by atoms with Crippen LogP contribution in [0.4, 0.5) is 18.9 Å². The molecular formula is C12H7ClF3NO2. The van der Waals surface area contributed by atoms with Crippen LogP contribution in [0, 0.1) is 0 Å². The second-order valence-corrected chi connectivity index (χ2v) is 4.50. The predicted octanol–water partition coefficient (Wildman–Crippen LogP) is 2.99. The Bertz CT molecular complexity index is 595. The number of hydrogen-bond donors (Lipinski definition) is 0. The third-order valence-electron chi connectivity index (χ3n) is 2.63. The van der Waals surface area contributed by atoms with E-state index in [1.807, 2.05) is 0 Å². The molecule has 0 aromatic heterocycles. The van der Waals surface area contributed by atoms with Crippen LogP contribution in [0.3, 0.4) is 0 Å². The van der Waals surface area contributed by atoms with Gasteiger partial charge in [0.05, 0.1) is 23.4 Å². The lowest BCUT2D eigenvalue weighted by Crippen LogP contribution is -2.30. The lowest BCUT2D eigenvalue weighted by atomic mass is 10.1. The van der Waals surface area contributed by atoms with Gasteiger partial charge in [-0.1, -0.05) is 18.2 Å². The van der Waals surface area contributed by atoms with Crippen molar-refractivity contribution in [2.24, 2.45) is 0 Å². The number of anilines is 1. The maximum atomic E-state index is 12.5. The summed E-state index contributed by atoms with van der Waals surface area (Å²) in [6.45, 7) is 3.27. The molecule has 1 heterocycles. The van der Waals surface area contributed by atoms with Crippen LogP contribution in [0.1, 0.15) is 15.9 Å². The number of carbonyl (C=O) groups is 2. The average Bonchev–Trinajstić information content (AvgIpc) is 2.53. The largest absolute Gasteiger partial charge is 0.416 e. The third-order valence-corrected chi connectivity index (χ3v) is 2.75. The molecule has 0 unspecified atom stereocenters. The predicted molar refractivity (Wildman–Crippen MR) is 63.1 cm³/mol. The molecule has 7 heteroatoms. The lowest BCUT2D eigenvalue weighted by Gasteiger charge is -2.16. The van der Waals surface area contributed by atoms with Crippen molar-refractivity contribution < 1.29 is 22.8 Å². The van der Waals surface area contributed by atoms with E-state index in [9.17, 15) is 22.8 Å². The van der Waals surface area contributed by atoms with Crippen LogP contribution in [0.2, 0.25) is 0 Å². The maximum Gasteiger partial charge on any atom is 0.416 e. The summed E-state index contributed by atoms with van der Waals surface area (Å²) in [5.74, 6) is -1.88. The molecular weight excluding hydrogens is 283 g/mol. The van der Waals surface area contributed by atoms with Gasteiger partial charge in [-0.15, -0.1) is 0 Å². The van der Waals surface area contributed by atoms with Gasteiger partial charge in [-0.3, -0.25) is 14.5 Å². The first-order valence-corrected chi connectivity index (χ1v) is 5.50. The molecule has 19 heavy (non-hydrogen) atoms. The van der Waals surface area contributed by atoms with Crippen molar-refractivity contribution >= 4 is 29.0 Å². The molecule has 100 valence electrons. The van der Waals surface area contributed by atoms with Gasteiger partial charge in [-0.2, -0.15) is 13.2 Å². The summed E-state index contributed by atoms with van der Waals surface area (Å²) in [5, 5.41) is 0.105. The molecule has 0 saturated carbocycles. The second-order valence-electron chi connectivity index (χ2n) is 3.97. The highest BCUT2D eigenvalue weighted by atomic mass is 35.5. The van der Waals surface area contributed by atoms with Gasteiger partial charge in [0.1, 0.15) is 0 Å². The molecule has 0 spiro atoms. The molecule has 1 aliphatic heterocycles. The molecule has 2 rings (SSSR count).